The van der Waals surface area contributed by atoms with Crippen molar-refractivity contribution >= 4 is 14.0 Å². The smallest absolute Gasteiger partial charge is 0.269 e. The Balaban J connectivity index is 2.65. The molecule has 0 aliphatic heterocycles. The normalized spacial score (nSPS) is 11.5. The highest BCUT2D eigenvalue weighted by Crippen LogP contribution is 2.23. The molecule has 0 fully saturated rings. The maximum absolute atomic E-state index is 10.5. The Hall–Kier alpha value is -1.20. The molecule has 0 amide bonds. The van der Waals surface area contributed by atoms with Crippen molar-refractivity contribution in [2.24, 2.45) is 0 Å². The van der Waals surface area contributed by atoms with Crippen molar-refractivity contribution < 1.29 is 9.35 Å². The van der Waals surface area contributed by atoms with Crippen molar-refractivity contribution in [2.75, 3.05) is 0 Å². The van der Waals surface area contributed by atoms with Gasteiger partial charge in [0.25, 0.3) is 5.69 Å². The first-order chi connectivity index (χ1) is 8.56. The Kier molecular flexibility index (Phi) is 5.49. The van der Waals surface area contributed by atoms with Crippen LogP contribution in [0.2, 0.25) is 18.1 Å². The minimum atomic E-state index is -1.57. The van der Waals surface area contributed by atoms with Crippen LogP contribution in [0, 0.1) is 10.1 Å². The van der Waals surface area contributed by atoms with Crippen molar-refractivity contribution in [3.8, 4) is 0 Å². The van der Waals surface area contributed by atoms with Gasteiger partial charge in [-0.25, -0.2) is 0 Å². The van der Waals surface area contributed by atoms with E-state index in [1.165, 1.54) is 12.1 Å². The summed E-state index contributed by atoms with van der Waals surface area (Å²) in [6.45, 7) is 7.14. The molecule has 4 nitrogen and oxygen atoms in total. The fourth-order valence-corrected chi connectivity index (χ4v) is 4.59. The summed E-state index contributed by atoms with van der Waals surface area (Å²) in [5.74, 6) is 0. The van der Waals surface area contributed by atoms with Crippen molar-refractivity contribution in [3.05, 3.63) is 39.9 Å². The van der Waals surface area contributed by atoms with Crippen LogP contribution in [0.25, 0.3) is 0 Å². The second kappa shape index (κ2) is 6.66. The molecule has 0 bridgehead atoms. The zero-order valence-corrected chi connectivity index (χ0v) is 12.3. The van der Waals surface area contributed by atoms with E-state index in [4.69, 9.17) is 4.43 Å². The minimum absolute atomic E-state index is 0.128. The van der Waals surface area contributed by atoms with Crippen LogP contribution in [0.4, 0.5) is 5.69 Å². The highest BCUT2D eigenvalue weighted by Gasteiger charge is 2.28. The maximum Gasteiger partial charge on any atom is 0.269 e. The molecular weight excluding hydrogens is 246 g/mol. The first kappa shape index (κ1) is 14.9. The van der Waals surface area contributed by atoms with E-state index in [1.807, 2.05) is 0 Å². The van der Waals surface area contributed by atoms with Crippen molar-refractivity contribution in [2.45, 2.75) is 45.5 Å². The molecule has 0 spiro atoms. The summed E-state index contributed by atoms with van der Waals surface area (Å²) in [6.07, 6.45) is 0. The molecule has 100 valence electrons. The van der Waals surface area contributed by atoms with Crippen LogP contribution in [0.15, 0.2) is 24.3 Å². The van der Waals surface area contributed by atoms with Crippen LogP contribution in [0.5, 0.6) is 0 Å². The van der Waals surface area contributed by atoms with Gasteiger partial charge in [-0.3, -0.25) is 10.1 Å². The molecule has 0 saturated heterocycles. The average molecular weight is 267 g/mol. The molecule has 5 heteroatoms. The molecule has 1 aromatic rings. The van der Waals surface area contributed by atoms with Gasteiger partial charge in [-0.15, -0.1) is 0 Å². The average Bonchev–Trinajstić information content (AvgIpc) is 2.41. The molecule has 18 heavy (non-hydrogen) atoms. The lowest BCUT2D eigenvalue weighted by molar-refractivity contribution is -0.384. The van der Waals surface area contributed by atoms with Crippen LogP contribution in [0.1, 0.15) is 26.3 Å². The summed E-state index contributed by atoms with van der Waals surface area (Å²) < 4.78 is 6.13. The monoisotopic (exact) mass is 267 g/mol. The van der Waals surface area contributed by atoms with Crippen molar-refractivity contribution in [3.63, 3.8) is 0 Å². The van der Waals surface area contributed by atoms with Gasteiger partial charge in [0, 0.05) is 12.1 Å². The lowest BCUT2D eigenvalue weighted by Crippen LogP contribution is -2.35. The van der Waals surface area contributed by atoms with Crippen molar-refractivity contribution in [1.29, 1.82) is 0 Å². The van der Waals surface area contributed by atoms with Gasteiger partial charge in [-0.05, 0) is 35.8 Å². The molecule has 0 radical (unpaired) electrons. The van der Waals surface area contributed by atoms with Crippen LogP contribution >= 0.6 is 0 Å². The van der Waals surface area contributed by atoms with Crippen LogP contribution in [-0.2, 0) is 11.0 Å². The van der Waals surface area contributed by atoms with E-state index in [9.17, 15) is 10.1 Å². The van der Waals surface area contributed by atoms with E-state index in [-0.39, 0.29) is 10.6 Å². The topological polar surface area (TPSA) is 52.4 Å². The van der Waals surface area contributed by atoms with Gasteiger partial charge in [0.1, 0.15) is 0 Å². The number of rotatable bonds is 7. The van der Waals surface area contributed by atoms with E-state index in [2.05, 4.69) is 20.8 Å². The molecular formula is C13H21NO3Si. The Bertz CT molecular complexity index is 379. The summed E-state index contributed by atoms with van der Waals surface area (Å²) in [7, 11) is -1.57. The molecule has 0 atom stereocenters. The van der Waals surface area contributed by atoms with Gasteiger partial charge in [-0.1, -0.05) is 20.8 Å². The Labute approximate surface area is 109 Å². The quantitative estimate of drug-likeness (QED) is 0.424. The molecule has 0 aromatic heterocycles. The lowest BCUT2D eigenvalue weighted by Gasteiger charge is -2.27. The number of benzene rings is 1. The number of hydrogen-bond donors (Lipinski definition) is 0. The summed E-state index contributed by atoms with van der Waals surface area (Å²) >= 11 is 0. The van der Waals surface area contributed by atoms with E-state index >= 15 is 0 Å². The highest BCUT2D eigenvalue weighted by atomic mass is 28.4. The lowest BCUT2D eigenvalue weighted by atomic mass is 10.2. The number of non-ortho nitro benzene ring substituents is 1. The van der Waals surface area contributed by atoms with Crippen molar-refractivity contribution in [1.82, 2.24) is 0 Å². The molecule has 0 aliphatic carbocycles. The number of nitro groups is 1. The molecule has 0 aliphatic rings. The first-order valence-electron chi connectivity index (χ1n) is 6.44. The molecule has 1 rings (SSSR count). The third-order valence-corrected chi connectivity index (χ3v) is 8.25. The van der Waals surface area contributed by atoms with Gasteiger partial charge in [0.2, 0.25) is 0 Å². The first-order valence-corrected chi connectivity index (χ1v) is 8.97. The second-order valence-corrected chi connectivity index (χ2v) is 9.23. The van der Waals surface area contributed by atoms with Gasteiger partial charge < -0.3 is 4.43 Å². The summed E-state index contributed by atoms with van der Waals surface area (Å²) in [5, 5.41) is 10.5. The largest absolute Gasteiger partial charge is 0.413 e. The van der Waals surface area contributed by atoms with E-state index in [0.717, 1.165) is 23.7 Å². The summed E-state index contributed by atoms with van der Waals surface area (Å²) in [5.41, 5.74) is 1.14. The zero-order chi connectivity index (χ0) is 13.6. The van der Waals surface area contributed by atoms with Gasteiger partial charge in [-0.2, -0.15) is 0 Å². The second-order valence-electron chi connectivity index (χ2n) is 4.46. The van der Waals surface area contributed by atoms with E-state index in [0.29, 0.717) is 6.61 Å². The zero-order valence-electron chi connectivity index (χ0n) is 11.3. The minimum Gasteiger partial charge on any atom is -0.413 e. The number of nitrogens with zero attached hydrogens (tertiary/aromatic N) is 1. The SMILES string of the molecule is CC[Si](CC)(CC)OCc1ccc([N+](=O)[O-])cc1. The molecule has 0 saturated carbocycles. The Morgan fingerprint density at radius 3 is 2.00 bits per heavy atom. The van der Waals surface area contributed by atoms with Crippen LogP contribution in [0.3, 0.4) is 0 Å². The molecule has 0 heterocycles. The third-order valence-electron chi connectivity index (χ3n) is 3.63. The fourth-order valence-electron chi connectivity index (χ4n) is 2.01. The molecule has 0 unspecified atom stereocenters. The van der Waals surface area contributed by atoms with Gasteiger partial charge >= 0.3 is 0 Å². The van der Waals surface area contributed by atoms with E-state index in [1.54, 1.807) is 12.1 Å². The standard InChI is InChI=1S/C13H21NO3Si/c1-4-18(5-2,6-3)17-11-12-7-9-13(10-8-12)14(15)16/h7-10H,4-6,11H2,1-3H3. The Morgan fingerprint density at radius 1 is 1.11 bits per heavy atom. The molecule has 1 aromatic carbocycles. The third kappa shape index (κ3) is 3.65. The summed E-state index contributed by atoms with van der Waals surface area (Å²) in [4.78, 5) is 10.2. The van der Waals surface area contributed by atoms with Gasteiger partial charge in [0.05, 0.1) is 11.5 Å². The highest BCUT2D eigenvalue weighted by molar-refractivity contribution is 6.73. The maximum atomic E-state index is 10.5. The molecule has 0 N–H and O–H groups in total. The number of hydrogen-bond acceptors (Lipinski definition) is 3. The summed E-state index contributed by atoms with van der Waals surface area (Å²) in [6, 6.07) is 9.97. The number of nitro benzene ring substituents is 1. The van der Waals surface area contributed by atoms with Gasteiger partial charge in [0.15, 0.2) is 8.32 Å². The van der Waals surface area contributed by atoms with E-state index < -0.39 is 8.32 Å². The van der Waals surface area contributed by atoms with Crippen LogP contribution in [-0.4, -0.2) is 13.2 Å². The fraction of sp³-hybridized carbons (Fsp3) is 0.538. The van der Waals surface area contributed by atoms with Crippen LogP contribution < -0.4 is 0 Å². The predicted octanol–water partition coefficient (Wildman–Crippen LogP) is 4.12. The predicted molar refractivity (Wildman–Crippen MR) is 75.1 cm³/mol. The Morgan fingerprint density at radius 2 is 1.61 bits per heavy atom.